The molecule has 0 N–H and O–H groups in total. The van der Waals surface area contributed by atoms with Gasteiger partial charge in [0, 0.05) is 11.5 Å². The highest BCUT2D eigenvalue weighted by Crippen LogP contribution is 2.34. The fraction of sp³-hybridized carbons (Fsp3) is 0.222. The molecule has 0 aliphatic heterocycles. The molecule has 0 atom stereocenters. The zero-order chi connectivity index (χ0) is 17.9. The Morgan fingerprint density at radius 3 is 1.65 bits per heavy atom. The molecule has 0 saturated heterocycles. The van der Waals surface area contributed by atoms with Crippen LogP contribution in [0, 0.1) is 0 Å². The van der Waals surface area contributed by atoms with Gasteiger partial charge < -0.3 is 9.47 Å². The second-order valence-electron chi connectivity index (χ2n) is 5.32. The Bertz CT molecular complexity index is 960. The highest BCUT2D eigenvalue weighted by atomic mass is 32.2. The first kappa shape index (κ1) is 17.9. The molecule has 2 aromatic carbocycles. The Labute approximate surface area is 168 Å². The van der Waals surface area contributed by atoms with Crippen molar-refractivity contribution >= 4 is 66.6 Å². The number of aromatic nitrogens is 2. The van der Waals surface area contributed by atoms with E-state index in [4.69, 9.17) is 9.47 Å². The SMILES string of the molecule is COc1ccc2nc(SCCSc3nc4ccc(OC)cc4s3)sc2c1. The van der Waals surface area contributed by atoms with Gasteiger partial charge in [0.05, 0.1) is 34.7 Å². The zero-order valence-electron chi connectivity index (χ0n) is 14.2. The molecule has 0 saturated carbocycles. The minimum Gasteiger partial charge on any atom is -0.497 e. The quantitative estimate of drug-likeness (QED) is 0.278. The van der Waals surface area contributed by atoms with Crippen LogP contribution >= 0.6 is 46.2 Å². The average Bonchev–Trinajstić information content (AvgIpc) is 3.26. The lowest BCUT2D eigenvalue weighted by molar-refractivity contribution is 0.415. The number of nitrogens with zero attached hydrogens (tertiary/aromatic N) is 2. The Balaban J connectivity index is 1.35. The van der Waals surface area contributed by atoms with Gasteiger partial charge in [-0.2, -0.15) is 0 Å². The van der Waals surface area contributed by atoms with E-state index in [0.717, 1.165) is 42.7 Å². The van der Waals surface area contributed by atoms with Crippen molar-refractivity contribution in [2.75, 3.05) is 25.7 Å². The highest BCUT2D eigenvalue weighted by Gasteiger charge is 2.08. The minimum absolute atomic E-state index is 0.876. The van der Waals surface area contributed by atoms with Crippen LogP contribution in [0.1, 0.15) is 0 Å². The molecule has 134 valence electrons. The first-order valence-electron chi connectivity index (χ1n) is 7.90. The number of thiazole rings is 2. The number of methoxy groups -OCH3 is 2. The van der Waals surface area contributed by atoms with E-state index in [1.54, 1.807) is 60.4 Å². The summed E-state index contributed by atoms with van der Waals surface area (Å²) in [5.41, 5.74) is 2.07. The molecule has 0 amide bonds. The molecule has 0 spiro atoms. The summed E-state index contributed by atoms with van der Waals surface area (Å²) in [6.45, 7) is 0. The summed E-state index contributed by atoms with van der Waals surface area (Å²) >= 11 is 7.02. The molecule has 8 heteroatoms. The molecule has 4 nitrogen and oxygen atoms in total. The number of rotatable bonds is 7. The fourth-order valence-electron chi connectivity index (χ4n) is 2.40. The summed E-state index contributed by atoms with van der Waals surface area (Å²) in [6, 6.07) is 12.0. The standard InChI is InChI=1S/C18H16N2O2S4/c1-21-11-3-5-13-15(9-11)25-17(19-13)23-7-8-24-18-20-14-6-4-12(22-2)10-16(14)26-18/h3-6,9-10H,7-8H2,1-2H3. The van der Waals surface area contributed by atoms with Crippen LogP contribution in [0.5, 0.6) is 11.5 Å². The van der Waals surface area contributed by atoms with Crippen molar-refractivity contribution in [3.8, 4) is 11.5 Å². The minimum atomic E-state index is 0.876. The molecule has 0 aliphatic carbocycles. The lowest BCUT2D eigenvalue weighted by atomic mass is 10.3. The number of hydrogen-bond acceptors (Lipinski definition) is 8. The van der Waals surface area contributed by atoms with E-state index >= 15 is 0 Å². The van der Waals surface area contributed by atoms with E-state index in [0.29, 0.717) is 0 Å². The van der Waals surface area contributed by atoms with E-state index in [1.165, 1.54) is 9.40 Å². The number of thioether (sulfide) groups is 2. The molecule has 4 aromatic rings. The Morgan fingerprint density at radius 2 is 1.23 bits per heavy atom. The summed E-state index contributed by atoms with van der Waals surface area (Å²) in [5, 5.41) is 0. The van der Waals surface area contributed by atoms with Gasteiger partial charge in [-0.3, -0.25) is 0 Å². The largest absolute Gasteiger partial charge is 0.497 e. The predicted molar refractivity (Wildman–Crippen MR) is 114 cm³/mol. The zero-order valence-corrected chi connectivity index (χ0v) is 17.5. The maximum Gasteiger partial charge on any atom is 0.151 e. The molecule has 0 unspecified atom stereocenters. The summed E-state index contributed by atoms with van der Waals surface area (Å²) < 4.78 is 15.1. The second kappa shape index (κ2) is 8.04. The molecule has 0 bridgehead atoms. The van der Waals surface area contributed by atoms with Crippen molar-refractivity contribution in [1.82, 2.24) is 9.97 Å². The third-order valence-electron chi connectivity index (χ3n) is 3.69. The van der Waals surface area contributed by atoms with Gasteiger partial charge in [-0.25, -0.2) is 9.97 Å². The van der Waals surface area contributed by atoms with Crippen LogP contribution in [-0.4, -0.2) is 35.7 Å². The van der Waals surface area contributed by atoms with Crippen LogP contribution in [0.3, 0.4) is 0 Å². The van der Waals surface area contributed by atoms with Crippen molar-refractivity contribution in [2.24, 2.45) is 0 Å². The van der Waals surface area contributed by atoms with E-state index in [9.17, 15) is 0 Å². The third kappa shape index (κ3) is 3.93. The van der Waals surface area contributed by atoms with Crippen LogP contribution in [0.25, 0.3) is 20.4 Å². The number of hydrogen-bond donors (Lipinski definition) is 0. The molecule has 0 aliphatic rings. The average molecular weight is 421 g/mol. The lowest BCUT2D eigenvalue weighted by Gasteiger charge is -1.96. The first-order chi connectivity index (χ1) is 12.7. The van der Waals surface area contributed by atoms with Crippen molar-refractivity contribution < 1.29 is 9.47 Å². The van der Waals surface area contributed by atoms with Gasteiger partial charge in [0.15, 0.2) is 8.68 Å². The molecule has 4 rings (SSSR count). The maximum atomic E-state index is 5.27. The van der Waals surface area contributed by atoms with Gasteiger partial charge in [0.1, 0.15) is 11.5 Å². The Kier molecular flexibility index (Phi) is 5.54. The van der Waals surface area contributed by atoms with Crippen LogP contribution in [0.2, 0.25) is 0 Å². The Morgan fingerprint density at radius 1 is 0.769 bits per heavy atom. The van der Waals surface area contributed by atoms with E-state index in [1.807, 2.05) is 36.4 Å². The van der Waals surface area contributed by atoms with Gasteiger partial charge in [-0.1, -0.05) is 23.5 Å². The molecular weight excluding hydrogens is 404 g/mol. The van der Waals surface area contributed by atoms with Gasteiger partial charge in [0.25, 0.3) is 0 Å². The monoisotopic (exact) mass is 420 g/mol. The molecule has 0 fully saturated rings. The molecule has 2 aromatic heterocycles. The van der Waals surface area contributed by atoms with Crippen LogP contribution in [0.4, 0.5) is 0 Å². The highest BCUT2D eigenvalue weighted by molar-refractivity contribution is 8.04. The molecule has 2 heterocycles. The topological polar surface area (TPSA) is 44.2 Å². The van der Waals surface area contributed by atoms with Crippen molar-refractivity contribution in [2.45, 2.75) is 8.68 Å². The van der Waals surface area contributed by atoms with Crippen molar-refractivity contribution in [3.05, 3.63) is 36.4 Å². The Hall–Kier alpha value is -1.48. The summed E-state index contributed by atoms with van der Waals surface area (Å²) in [4.78, 5) is 9.35. The molecular formula is C18H16N2O2S4. The van der Waals surface area contributed by atoms with E-state index < -0.39 is 0 Å². The number of fused-ring (bicyclic) bond motifs is 2. The third-order valence-corrected chi connectivity index (χ3v) is 8.27. The van der Waals surface area contributed by atoms with Crippen molar-refractivity contribution in [3.63, 3.8) is 0 Å². The number of ether oxygens (including phenoxy) is 2. The van der Waals surface area contributed by atoms with Crippen LogP contribution in [-0.2, 0) is 0 Å². The maximum absolute atomic E-state index is 5.27. The summed E-state index contributed by atoms with van der Waals surface area (Å²) in [6.07, 6.45) is 0. The van der Waals surface area contributed by atoms with E-state index in [-0.39, 0.29) is 0 Å². The molecule has 26 heavy (non-hydrogen) atoms. The summed E-state index contributed by atoms with van der Waals surface area (Å²) in [7, 11) is 3.38. The normalized spacial score (nSPS) is 11.3. The smallest absolute Gasteiger partial charge is 0.151 e. The van der Waals surface area contributed by atoms with Gasteiger partial charge >= 0.3 is 0 Å². The lowest BCUT2D eigenvalue weighted by Crippen LogP contribution is -1.83. The van der Waals surface area contributed by atoms with Gasteiger partial charge in [0.2, 0.25) is 0 Å². The van der Waals surface area contributed by atoms with Crippen LogP contribution < -0.4 is 9.47 Å². The fourth-order valence-corrected chi connectivity index (χ4v) is 6.71. The van der Waals surface area contributed by atoms with Crippen LogP contribution in [0.15, 0.2) is 45.1 Å². The van der Waals surface area contributed by atoms with Gasteiger partial charge in [-0.15, -0.1) is 22.7 Å². The second-order valence-corrected chi connectivity index (χ2v) is 10.1. The van der Waals surface area contributed by atoms with Gasteiger partial charge in [-0.05, 0) is 36.4 Å². The number of benzene rings is 2. The van der Waals surface area contributed by atoms with Crippen molar-refractivity contribution in [1.29, 1.82) is 0 Å². The predicted octanol–water partition coefficient (Wildman–Crippen LogP) is 5.81. The molecule has 0 radical (unpaired) electrons. The van der Waals surface area contributed by atoms with E-state index in [2.05, 4.69) is 9.97 Å². The summed E-state index contributed by atoms with van der Waals surface area (Å²) in [5.74, 6) is 3.75. The first-order valence-corrected chi connectivity index (χ1v) is 11.5.